The highest BCUT2D eigenvalue weighted by atomic mass is 16.3. The van der Waals surface area contributed by atoms with Gasteiger partial charge in [0.25, 0.3) is 0 Å². The van der Waals surface area contributed by atoms with Gasteiger partial charge in [-0.15, -0.1) is 0 Å². The Bertz CT molecular complexity index is 317. The van der Waals surface area contributed by atoms with Crippen LogP contribution in [0.5, 0.6) is 0 Å². The number of aliphatic hydroxyl groups is 1. The minimum Gasteiger partial charge on any atom is -0.390 e. The molecule has 0 bridgehead atoms. The first-order valence-corrected chi connectivity index (χ1v) is 4.14. The van der Waals surface area contributed by atoms with Gasteiger partial charge in [-0.1, -0.05) is 24.3 Å². The molecule has 2 heteroatoms. The molecule has 1 aliphatic rings. The summed E-state index contributed by atoms with van der Waals surface area (Å²) < 4.78 is 0. The van der Waals surface area contributed by atoms with Crippen molar-refractivity contribution >= 4 is 5.71 Å². The van der Waals surface area contributed by atoms with Crippen LogP contribution in [0.1, 0.15) is 11.1 Å². The predicted molar refractivity (Wildman–Crippen MR) is 48.6 cm³/mol. The van der Waals surface area contributed by atoms with E-state index in [4.69, 9.17) is 5.11 Å². The number of aliphatic hydroxyl groups excluding tert-OH is 1. The van der Waals surface area contributed by atoms with Gasteiger partial charge >= 0.3 is 0 Å². The lowest BCUT2D eigenvalue weighted by atomic mass is 9.98. The summed E-state index contributed by atoms with van der Waals surface area (Å²) in [6, 6.07) is 8.12. The van der Waals surface area contributed by atoms with E-state index in [-0.39, 0.29) is 6.61 Å². The molecule has 1 N–H and O–H groups in total. The molecule has 0 unspecified atom stereocenters. The number of hydrogen-bond acceptors (Lipinski definition) is 2. The topological polar surface area (TPSA) is 32.6 Å². The van der Waals surface area contributed by atoms with Gasteiger partial charge in [0.15, 0.2) is 0 Å². The maximum atomic E-state index is 9.01. The monoisotopic (exact) mass is 161 g/mol. The zero-order chi connectivity index (χ0) is 8.39. The smallest absolute Gasteiger partial charge is 0.0854 e. The normalized spacial score (nSPS) is 15.2. The molecular formula is C10H11NO. The second-order valence-electron chi connectivity index (χ2n) is 2.89. The van der Waals surface area contributed by atoms with E-state index in [0.29, 0.717) is 0 Å². The van der Waals surface area contributed by atoms with Crippen molar-refractivity contribution in [2.75, 3.05) is 13.2 Å². The Morgan fingerprint density at radius 1 is 1.33 bits per heavy atom. The maximum absolute atomic E-state index is 9.01. The van der Waals surface area contributed by atoms with E-state index < -0.39 is 0 Å². The van der Waals surface area contributed by atoms with Crippen molar-refractivity contribution in [2.45, 2.75) is 6.42 Å². The molecular weight excluding hydrogens is 150 g/mol. The summed E-state index contributed by atoms with van der Waals surface area (Å²) in [6.07, 6.45) is 1.000. The average Bonchev–Trinajstić information content (AvgIpc) is 2.17. The fourth-order valence-electron chi connectivity index (χ4n) is 1.55. The van der Waals surface area contributed by atoms with Crippen LogP contribution in [0.4, 0.5) is 0 Å². The molecule has 62 valence electrons. The number of hydrogen-bond donors (Lipinski definition) is 1. The molecule has 0 atom stereocenters. The minimum atomic E-state index is 0.0526. The summed E-state index contributed by atoms with van der Waals surface area (Å²) in [4.78, 5) is 4.26. The second kappa shape index (κ2) is 3.07. The van der Waals surface area contributed by atoms with Gasteiger partial charge in [0.1, 0.15) is 0 Å². The van der Waals surface area contributed by atoms with Crippen molar-refractivity contribution in [2.24, 2.45) is 4.99 Å². The third kappa shape index (κ3) is 1.14. The van der Waals surface area contributed by atoms with Crippen LogP contribution in [0.2, 0.25) is 0 Å². The Morgan fingerprint density at radius 3 is 3.00 bits per heavy atom. The molecule has 2 nitrogen and oxygen atoms in total. The molecule has 0 saturated carbocycles. The Kier molecular flexibility index (Phi) is 1.92. The standard InChI is InChI=1S/C10H11NO/c12-7-10-9-4-2-1-3-8(9)5-6-11-10/h1-4,12H,5-7H2. The van der Waals surface area contributed by atoms with Crippen LogP contribution in [-0.2, 0) is 6.42 Å². The first-order valence-electron chi connectivity index (χ1n) is 4.14. The molecule has 1 aromatic carbocycles. The van der Waals surface area contributed by atoms with Crippen molar-refractivity contribution in [1.29, 1.82) is 0 Å². The zero-order valence-corrected chi connectivity index (χ0v) is 6.83. The molecule has 0 spiro atoms. The Labute approximate surface area is 71.6 Å². The van der Waals surface area contributed by atoms with Gasteiger partial charge in [-0.25, -0.2) is 0 Å². The number of fused-ring (bicyclic) bond motifs is 1. The largest absolute Gasteiger partial charge is 0.390 e. The number of rotatable bonds is 1. The van der Waals surface area contributed by atoms with E-state index in [9.17, 15) is 0 Å². The van der Waals surface area contributed by atoms with Gasteiger partial charge in [-0.05, 0) is 12.0 Å². The Hall–Kier alpha value is -1.15. The van der Waals surface area contributed by atoms with Crippen molar-refractivity contribution in [3.8, 4) is 0 Å². The lowest BCUT2D eigenvalue weighted by Gasteiger charge is -2.14. The first kappa shape index (κ1) is 7.50. The maximum Gasteiger partial charge on any atom is 0.0854 e. The fourth-order valence-corrected chi connectivity index (χ4v) is 1.55. The van der Waals surface area contributed by atoms with Gasteiger partial charge in [-0.2, -0.15) is 0 Å². The van der Waals surface area contributed by atoms with Crippen LogP contribution >= 0.6 is 0 Å². The number of benzene rings is 1. The zero-order valence-electron chi connectivity index (χ0n) is 6.83. The average molecular weight is 161 g/mol. The van der Waals surface area contributed by atoms with Crippen LogP contribution in [0.15, 0.2) is 29.3 Å². The molecule has 0 aliphatic carbocycles. The number of aliphatic imine (C=N–C) groups is 1. The summed E-state index contributed by atoms with van der Waals surface area (Å²) >= 11 is 0. The molecule has 1 aromatic rings. The van der Waals surface area contributed by atoms with Crippen molar-refractivity contribution in [3.05, 3.63) is 35.4 Å². The van der Waals surface area contributed by atoms with Crippen molar-refractivity contribution in [1.82, 2.24) is 0 Å². The van der Waals surface area contributed by atoms with Crippen LogP contribution in [0, 0.1) is 0 Å². The SMILES string of the molecule is OCC1=NCCc2ccccc21. The molecule has 0 aromatic heterocycles. The van der Waals surface area contributed by atoms with E-state index in [1.165, 1.54) is 5.56 Å². The molecule has 12 heavy (non-hydrogen) atoms. The molecule has 0 fully saturated rings. The lowest BCUT2D eigenvalue weighted by molar-refractivity contribution is 0.357. The van der Waals surface area contributed by atoms with Crippen molar-refractivity contribution in [3.63, 3.8) is 0 Å². The van der Waals surface area contributed by atoms with Crippen LogP contribution in [0.3, 0.4) is 0 Å². The van der Waals surface area contributed by atoms with Crippen LogP contribution < -0.4 is 0 Å². The summed E-state index contributed by atoms with van der Waals surface area (Å²) in [6.45, 7) is 0.865. The number of nitrogens with zero attached hydrogens (tertiary/aromatic N) is 1. The fraction of sp³-hybridized carbons (Fsp3) is 0.300. The highest BCUT2D eigenvalue weighted by molar-refractivity contribution is 6.03. The van der Waals surface area contributed by atoms with E-state index in [0.717, 1.165) is 24.2 Å². The van der Waals surface area contributed by atoms with Gasteiger partial charge in [0.2, 0.25) is 0 Å². The third-order valence-electron chi connectivity index (χ3n) is 2.16. The minimum absolute atomic E-state index is 0.0526. The quantitative estimate of drug-likeness (QED) is 0.655. The van der Waals surface area contributed by atoms with E-state index >= 15 is 0 Å². The Morgan fingerprint density at radius 2 is 2.17 bits per heavy atom. The molecule has 1 aliphatic heterocycles. The van der Waals surface area contributed by atoms with Gasteiger partial charge in [0, 0.05) is 12.1 Å². The van der Waals surface area contributed by atoms with Crippen LogP contribution in [0.25, 0.3) is 0 Å². The second-order valence-corrected chi connectivity index (χ2v) is 2.89. The van der Waals surface area contributed by atoms with Crippen molar-refractivity contribution < 1.29 is 5.11 Å². The van der Waals surface area contributed by atoms with E-state index in [2.05, 4.69) is 11.1 Å². The highest BCUT2D eigenvalue weighted by Crippen LogP contribution is 2.14. The molecule has 0 amide bonds. The molecule has 2 rings (SSSR count). The lowest BCUT2D eigenvalue weighted by Crippen LogP contribution is -2.15. The summed E-state index contributed by atoms with van der Waals surface area (Å²) in [5.41, 5.74) is 3.25. The van der Waals surface area contributed by atoms with Gasteiger partial charge in [0.05, 0.1) is 12.3 Å². The Balaban J connectivity index is 2.48. The first-order chi connectivity index (χ1) is 5.92. The van der Waals surface area contributed by atoms with E-state index in [1.54, 1.807) is 0 Å². The van der Waals surface area contributed by atoms with Crippen LogP contribution in [-0.4, -0.2) is 24.0 Å². The van der Waals surface area contributed by atoms with Gasteiger partial charge in [-0.3, -0.25) is 4.99 Å². The highest BCUT2D eigenvalue weighted by Gasteiger charge is 2.11. The van der Waals surface area contributed by atoms with Gasteiger partial charge < -0.3 is 5.11 Å². The molecule has 0 radical (unpaired) electrons. The third-order valence-corrected chi connectivity index (χ3v) is 2.16. The molecule has 1 heterocycles. The molecule has 0 saturated heterocycles. The van der Waals surface area contributed by atoms with E-state index in [1.807, 2.05) is 18.2 Å². The predicted octanol–water partition coefficient (Wildman–Crippen LogP) is 1.02. The summed E-state index contributed by atoms with van der Waals surface area (Å²) in [5, 5.41) is 9.01. The summed E-state index contributed by atoms with van der Waals surface area (Å²) in [5.74, 6) is 0. The summed E-state index contributed by atoms with van der Waals surface area (Å²) in [7, 11) is 0.